The van der Waals surface area contributed by atoms with Gasteiger partial charge in [0.2, 0.25) is 17.7 Å². The van der Waals surface area contributed by atoms with Gasteiger partial charge in [-0.05, 0) is 48.6 Å². The Kier molecular flexibility index (Phi) is 4.86. The highest BCUT2D eigenvalue weighted by atomic mass is 16.5. The number of aryl methyl sites for hydroxylation is 1. The molecule has 7 heteroatoms. The second-order valence-corrected chi connectivity index (χ2v) is 9.72. The summed E-state index contributed by atoms with van der Waals surface area (Å²) in [6.45, 7) is 8.18. The van der Waals surface area contributed by atoms with Gasteiger partial charge in [0.1, 0.15) is 11.3 Å². The van der Waals surface area contributed by atoms with E-state index in [1.165, 1.54) is 4.90 Å². The largest absolute Gasteiger partial charge is 0.497 e. The molecule has 2 aromatic carbocycles. The molecule has 1 spiro atoms. The molecule has 2 fully saturated rings. The number of anilines is 1. The van der Waals surface area contributed by atoms with Crippen LogP contribution in [-0.4, -0.2) is 35.8 Å². The van der Waals surface area contributed by atoms with Crippen molar-refractivity contribution in [3.05, 3.63) is 58.7 Å². The quantitative estimate of drug-likeness (QED) is 0.704. The summed E-state index contributed by atoms with van der Waals surface area (Å²) < 4.78 is 5.21. The molecule has 0 saturated carbocycles. The second-order valence-electron chi connectivity index (χ2n) is 9.72. The number of hydrogen-bond acceptors (Lipinski definition) is 5. The third-order valence-electron chi connectivity index (χ3n) is 7.67. The first-order valence-corrected chi connectivity index (χ1v) is 11.4. The Hall–Kier alpha value is -3.19. The lowest BCUT2D eigenvalue weighted by atomic mass is 9.75. The number of ether oxygens (including phenoxy) is 1. The predicted octanol–water partition coefficient (Wildman–Crippen LogP) is 2.89. The SMILES string of the molecule is COc1ccc(CN2C(=O)[C@@H]3[C@@H](C(C)C)N[C@]4(C(=O)Nc5c4ccc(C)c5C)[C@@H]3C2=O)cc1. The van der Waals surface area contributed by atoms with Crippen LogP contribution in [0.5, 0.6) is 5.75 Å². The van der Waals surface area contributed by atoms with Crippen molar-refractivity contribution in [3.63, 3.8) is 0 Å². The second kappa shape index (κ2) is 7.42. The molecule has 0 radical (unpaired) electrons. The summed E-state index contributed by atoms with van der Waals surface area (Å²) in [6.07, 6.45) is 0. The number of carbonyl (C=O) groups excluding carboxylic acids is 3. The molecule has 2 N–H and O–H groups in total. The average molecular weight is 448 g/mol. The van der Waals surface area contributed by atoms with Crippen LogP contribution in [0, 0.1) is 31.6 Å². The lowest BCUT2D eigenvalue weighted by molar-refractivity contribution is -0.143. The van der Waals surface area contributed by atoms with Crippen molar-refractivity contribution < 1.29 is 19.1 Å². The Morgan fingerprint density at radius 1 is 1.03 bits per heavy atom. The van der Waals surface area contributed by atoms with E-state index >= 15 is 0 Å². The highest BCUT2D eigenvalue weighted by molar-refractivity contribution is 6.15. The lowest BCUT2D eigenvalue weighted by Crippen LogP contribution is -2.53. The molecule has 3 aliphatic rings. The Bertz CT molecular complexity index is 1170. The predicted molar refractivity (Wildman–Crippen MR) is 124 cm³/mol. The van der Waals surface area contributed by atoms with Crippen LogP contribution in [0.4, 0.5) is 5.69 Å². The maximum Gasteiger partial charge on any atom is 0.250 e. The summed E-state index contributed by atoms with van der Waals surface area (Å²) in [4.78, 5) is 42.3. The molecule has 3 aliphatic heterocycles. The number of amides is 3. The molecule has 172 valence electrons. The fourth-order valence-electron chi connectivity index (χ4n) is 5.75. The van der Waals surface area contributed by atoms with Gasteiger partial charge in [-0.15, -0.1) is 0 Å². The number of likely N-dealkylation sites (tertiary alicyclic amines) is 1. The minimum Gasteiger partial charge on any atom is -0.497 e. The number of carbonyl (C=O) groups is 3. The van der Waals surface area contributed by atoms with Crippen LogP contribution in [0.3, 0.4) is 0 Å². The maximum atomic E-state index is 13.8. The van der Waals surface area contributed by atoms with Crippen LogP contribution < -0.4 is 15.4 Å². The third-order valence-corrected chi connectivity index (χ3v) is 7.67. The van der Waals surface area contributed by atoms with Crippen molar-refractivity contribution in [1.29, 1.82) is 0 Å². The minimum absolute atomic E-state index is 0.0676. The summed E-state index contributed by atoms with van der Waals surface area (Å²) in [5, 5.41) is 6.51. The number of nitrogens with zero attached hydrogens (tertiary/aromatic N) is 1. The van der Waals surface area contributed by atoms with Gasteiger partial charge in [-0.3, -0.25) is 24.6 Å². The highest BCUT2D eigenvalue weighted by Crippen LogP contribution is 2.54. The Morgan fingerprint density at radius 2 is 1.73 bits per heavy atom. The first-order chi connectivity index (χ1) is 15.7. The van der Waals surface area contributed by atoms with Crippen molar-refractivity contribution in [3.8, 4) is 5.75 Å². The number of hydrogen-bond donors (Lipinski definition) is 2. The summed E-state index contributed by atoms with van der Waals surface area (Å²) in [6, 6.07) is 10.9. The third kappa shape index (κ3) is 2.88. The normalized spacial score (nSPS) is 28.0. The van der Waals surface area contributed by atoms with Crippen molar-refractivity contribution in [2.75, 3.05) is 12.4 Å². The van der Waals surface area contributed by atoms with Gasteiger partial charge in [0.05, 0.1) is 25.5 Å². The van der Waals surface area contributed by atoms with Crippen molar-refractivity contribution >= 4 is 23.4 Å². The fraction of sp³-hybridized carbons (Fsp3) is 0.423. The zero-order valence-corrected chi connectivity index (χ0v) is 19.6. The van der Waals surface area contributed by atoms with E-state index in [-0.39, 0.29) is 36.2 Å². The monoisotopic (exact) mass is 447 g/mol. The number of rotatable bonds is 4. The summed E-state index contributed by atoms with van der Waals surface area (Å²) in [5.74, 6) is -1.35. The Balaban J connectivity index is 1.59. The first kappa shape index (κ1) is 21.6. The van der Waals surface area contributed by atoms with E-state index in [0.717, 1.165) is 27.9 Å². The zero-order chi connectivity index (χ0) is 23.7. The maximum absolute atomic E-state index is 13.8. The first-order valence-electron chi connectivity index (χ1n) is 11.4. The van der Waals surface area contributed by atoms with Crippen LogP contribution in [0.15, 0.2) is 36.4 Å². The van der Waals surface area contributed by atoms with Crippen LogP contribution in [0.1, 0.15) is 36.1 Å². The molecule has 0 aromatic heterocycles. The number of nitrogens with one attached hydrogen (secondary N) is 2. The Morgan fingerprint density at radius 3 is 2.36 bits per heavy atom. The van der Waals surface area contributed by atoms with Crippen LogP contribution in [-0.2, 0) is 26.5 Å². The molecule has 0 bridgehead atoms. The van der Waals surface area contributed by atoms with Gasteiger partial charge in [0.25, 0.3) is 0 Å². The van der Waals surface area contributed by atoms with Crippen molar-refractivity contribution in [1.82, 2.24) is 10.2 Å². The topological polar surface area (TPSA) is 87.7 Å². The fourth-order valence-corrected chi connectivity index (χ4v) is 5.75. The lowest BCUT2D eigenvalue weighted by Gasteiger charge is -2.30. The van der Waals surface area contributed by atoms with Crippen LogP contribution >= 0.6 is 0 Å². The van der Waals surface area contributed by atoms with Gasteiger partial charge in [0, 0.05) is 17.3 Å². The molecule has 4 atom stereocenters. The van der Waals surface area contributed by atoms with Crippen LogP contribution in [0.2, 0.25) is 0 Å². The smallest absolute Gasteiger partial charge is 0.250 e. The van der Waals surface area contributed by atoms with E-state index in [9.17, 15) is 14.4 Å². The van der Waals surface area contributed by atoms with E-state index in [1.54, 1.807) is 7.11 Å². The molecule has 3 heterocycles. The number of methoxy groups -OCH3 is 1. The van der Waals surface area contributed by atoms with Gasteiger partial charge >= 0.3 is 0 Å². The summed E-state index contributed by atoms with van der Waals surface area (Å²) in [5.41, 5.74) is 3.16. The van der Waals surface area contributed by atoms with E-state index in [0.29, 0.717) is 5.75 Å². The molecular weight excluding hydrogens is 418 g/mol. The number of imide groups is 1. The van der Waals surface area contributed by atoms with Gasteiger partial charge in [-0.2, -0.15) is 0 Å². The molecule has 2 saturated heterocycles. The number of fused-ring (bicyclic) bond motifs is 4. The molecule has 7 nitrogen and oxygen atoms in total. The summed E-state index contributed by atoms with van der Waals surface area (Å²) in [7, 11) is 1.59. The zero-order valence-electron chi connectivity index (χ0n) is 19.6. The highest BCUT2D eigenvalue weighted by Gasteiger charge is 2.70. The summed E-state index contributed by atoms with van der Waals surface area (Å²) >= 11 is 0. The van der Waals surface area contributed by atoms with Crippen LogP contribution in [0.25, 0.3) is 0 Å². The van der Waals surface area contributed by atoms with E-state index in [4.69, 9.17) is 4.74 Å². The van der Waals surface area contributed by atoms with Gasteiger partial charge in [-0.1, -0.05) is 38.1 Å². The molecule has 5 rings (SSSR count). The molecular formula is C26H29N3O4. The molecule has 33 heavy (non-hydrogen) atoms. The minimum atomic E-state index is -1.24. The van der Waals surface area contributed by atoms with Crippen molar-refractivity contribution in [2.45, 2.75) is 45.8 Å². The molecule has 0 unspecified atom stereocenters. The van der Waals surface area contributed by atoms with Crippen molar-refractivity contribution in [2.24, 2.45) is 17.8 Å². The average Bonchev–Trinajstić information content (AvgIpc) is 3.38. The Labute approximate surface area is 193 Å². The molecule has 0 aliphatic carbocycles. The molecule has 2 aromatic rings. The molecule has 3 amide bonds. The van der Waals surface area contributed by atoms with Gasteiger partial charge < -0.3 is 10.1 Å². The number of benzene rings is 2. The van der Waals surface area contributed by atoms with E-state index < -0.39 is 17.4 Å². The standard InChI is InChI=1S/C26H29N3O4/c1-13(2)21-19-20(24(31)29(23(19)30)12-16-7-9-17(33-5)10-8-16)26(28-21)18-11-6-14(3)15(4)22(18)27-25(26)32/h6-11,13,19-21,28H,12H2,1-5H3,(H,27,32)/t19-,20-,21+,26-/m0/s1. The van der Waals surface area contributed by atoms with Gasteiger partial charge in [-0.25, -0.2) is 0 Å². The van der Waals surface area contributed by atoms with E-state index in [2.05, 4.69) is 10.6 Å². The van der Waals surface area contributed by atoms with E-state index in [1.807, 2.05) is 64.1 Å². The van der Waals surface area contributed by atoms with Gasteiger partial charge in [0.15, 0.2) is 0 Å².